The lowest BCUT2D eigenvalue weighted by Crippen LogP contribution is -2.01. The average Bonchev–Trinajstić information content (AvgIpc) is 3.25. The van der Waals surface area contributed by atoms with Crippen LogP contribution in [0.5, 0.6) is 5.75 Å². The summed E-state index contributed by atoms with van der Waals surface area (Å²) in [6.07, 6.45) is 4.04. The lowest BCUT2D eigenvalue weighted by molar-refractivity contribution is 0.473. The fraction of sp³-hybridized carbons (Fsp3) is 0.267. The monoisotopic (exact) mass is 349 g/mol. The van der Waals surface area contributed by atoms with Gasteiger partial charge in [0.15, 0.2) is 5.16 Å². The third-order valence-electron chi connectivity index (χ3n) is 3.73. The fourth-order valence-corrected chi connectivity index (χ4v) is 3.57. The van der Waals surface area contributed by atoms with Gasteiger partial charge in [-0.1, -0.05) is 23.4 Å². The highest BCUT2D eigenvalue weighted by Gasteiger charge is 2.26. The Kier molecular flexibility index (Phi) is 3.54. The molecule has 118 valence electrons. The van der Waals surface area contributed by atoms with E-state index in [0.717, 1.165) is 23.6 Å². The van der Waals surface area contributed by atoms with Crippen molar-refractivity contribution < 1.29 is 9.52 Å². The second-order valence-corrected chi connectivity index (χ2v) is 6.78. The van der Waals surface area contributed by atoms with Crippen molar-refractivity contribution in [2.24, 2.45) is 0 Å². The zero-order valence-electron chi connectivity index (χ0n) is 11.9. The Morgan fingerprint density at radius 2 is 2.22 bits per heavy atom. The van der Waals surface area contributed by atoms with E-state index in [-0.39, 0.29) is 10.8 Å². The summed E-state index contributed by atoms with van der Waals surface area (Å²) in [5.41, 5.74) is 0.644. The van der Waals surface area contributed by atoms with Crippen molar-refractivity contribution in [2.75, 3.05) is 0 Å². The molecule has 0 atom stereocenters. The molecule has 0 unspecified atom stereocenters. The molecule has 0 spiro atoms. The molecule has 8 heteroatoms. The van der Waals surface area contributed by atoms with Crippen LogP contribution in [0.2, 0.25) is 5.02 Å². The molecular weight excluding hydrogens is 338 g/mol. The number of hydrogen-bond donors (Lipinski definition) is 1. The van der Waals surface area contributed by atoms with Gasteiger partial charge in [-0.2, -0.15) is 0 Å². The maximum Gasteiger partial charge on any atom is 0.336 e. The zero-order chi connectivity index (χ0) is 16.0. The van der Waals surface area contributed by atoms with Crippen LogP contribution in [0.15, 0.2) is 38.9 Å². The molecule has 1 fully saturated rings. The number of aromatic nitrogens is 3. The van der Waals surface area contributed by atoms with Gasteiger partial charge in [-0.3, -0.25) is 0 Å². The van der Waals surface area contributed by atoms with Crippen molar-refractivity contribution in [3.8, 4) is 5.75 Å². The first-order valence-corrected chi connectivity index (χ1v) is 8.46. The van der Waals surface area contributed by atoms with Crippen molar-refractivity contribution in [2.45, 2.75) is 29.8 Å². The predicted octanol–water partition coefficient (Wildman–Crippen LogP) is 3.37. The van der Waals surface area contributed by atoms with Gasteiger partial charge < -0.3 is 14.1 Å². The largest absolute Gasteiger partial charge is 0.506 e. The summed E-state index contributed by atoms with van der Waals surface area (Å²) in [6.45, 7) is 0. The number of fused-ring (bicyclic) bond motifs is 1. The standard InChI is InChI=1S/C15H12ClN3O3S/c16-11-4-10-8(3-14(21)22-13(10)5-12(11)20)6-23-15-18-17-7-19(15)9-1-2-9/h3-5,7,9,20H,1-2,6H2. The van der Waals surface area contributed by atoms with Crippen molar-refractivity contribution in [1.82, 2.24) is 14.8 Å². The first-order valence-electron chi connectivity index (χ1n) is 7.09. The van der Waals surface area contributed by atoms with Gasteiger partial charge in [-0.25, -0.2) is 4.79 Å². The van der Waals surface area contributed by atoms with E-state index >= 15 is 0 Å². The van der Waals surface area contributed by atoms with E-state index in [0.29, 0.717) is 22.8 Å². The van der Waals surface area contributed by atoms with Gasteiger partial charge in [-0.05, 0) is 24.5 Å². The number of phenols is 1. The van der Waals surface area contributed by atoms with E-state index in [1.54, 1.807) is 12.4 Å². The minimum absolute atomic E-state index is 0.111. The molecule has 3 aromatic rings. The quantitative estimate of drug-likeness (QED) is 0.574. The molecule has 6 nitrogen and oxygen atoms in total. The smallest absolute Gasteiger partial charge is 0.336 e. The molecule has 4 rings (SSSR count). The number of hydrogen-bond acceptors (Lipinski definition) is 6. The molecule has 2 aromatic heterocycles. The first-order chi connectivity index (χ1) is 11.1. The van der Waals surface area contributed by atoms with Crippen LogP contribution in [0.1, 0.15) is 24.4 Å². The minimum Gasteiger partial charge on any atom is -0.506 e. The molecule has 1 N–H and O–H groups in total. The summed E-state index contributed by atoms with van der Waals surface area (Å²) in [4.78, 5) is 11.7. The summed E-state index contributed by atoms with van der Waals surface area (Å²) in [5, 5.41) is 19.5. The SMILES string of the molecule is O=c1cc(CSc2nncn2C2CC2)c2cc(Cl)c(O)cc2o1. The van der Waals surface area contributed by atoms with E-state index in [9.17, 15) is 9.90 Å². The predicted molar refractivity (Wildman–Crippen MR) is 87.0 cm³/mol. The Morgan fingerprint density at radius 3 is 3.00 bits per heavy atom. The Balaban J connectivity index is 1.69. The third-order valence-corrected chi connectivity index (χ3v) is 5.04. The lowest BCUT2D eigenvalue weighted by atomic mass is 10.1. The van der Waals surface area contributed by atoms with Crippen LogP contribution in [0.3, 0.4) is 0 Å². The highest BCUT2D eigenvalue weighted by atomic mass is 35.5. The van der Waals surface area contributed by atoms with Gasteiger partial charge >= 0.3 is 5.63 Å². The van der Waals surface area contributed by atoms with Gasteiger partial charge in [0.25, 0.3) is 0 Å². The highest BCUT2D eigenvalue weighted by molar-refractivity contribution is 7.98. The summed E-state index contributed by atoms with van der Waals surface area (Å²) < 4.78 is 7.20. The van der Waals surface area contributed by atoms with Crippen molar-refractivity contribution in [3.05, 3.63) is 45.5 Å². The van der Waals surface area contributed by atoms with E-state index in [1.807, 2.05) is 0 Å². The van der Waals surface area contributed by atoms with E-state index in [4.69, 9.17) is 16.0 Å². The highest BCUT2D eigenvalue weighted by Crippen LogP contribution is 2.38. The molecule has 1 aliphatic carbocycles. The van der Waals surface area contributed by atoms with Crippen molar-refractivity contribution in [1.29, 1.82) is 0 Å². The molecule has 0 aliphatic heterocycles. The summed E-state index contributed by atoms with van der Waals surface area (Å²) >= 11 is 7.48. The second-order valence-electron chi connectivity index (χ2n) is 5.43. The number of phenolic OH excluding ortho intramolecular Hbond substituents is 1. The molecule has 1 saturated carbocycles. The second kappa shape index (κ2) is 5.58. The lowest BCUT2D eigenvalue weighted by Gasteiger charge is -2.07. The Labute approximate surface area is 140 Å². The van der Waals surface area contributed by atoms with Crippen LogP contribution in [-0.2, 0) is 5.75 Å². The Hall–Kier alpha value is -1.99. The van der Waals surface area contributed by atoms with Gasteiger partial charge in [0, 0.05) is 29.3 Å². The van der Waals surface area contributed by atoms with E-state index < -0.39 is 5.63 Å². The maximum atomic E-state index is 11.7. The topological polar surface area (TPSA) is 81.2 Å². The number of aromatic hydroxyl groups is 1. The Morgan fingerprint density at radius 1 is 1.39 bits per heavy atom. The third kappa shape index (κ3) is 2.82. The van der Waals surface area contributed by atoms with Crippen LogP contribution in [0.25, 0.3) is 11.0 Å². The average molecular weight is 350 g/mol. The molecular formula is C15H12ClN3O3S. The maximum absolute atomic E-state index is 11.7. The minimum atomic E-state index is -0.460. The molecule has 1 aliphatic rings. The molecule has 0 amide bonds. The van der Waals surface area contributed by atoms with Crippen LogP contribution in [-0.4, -0.2) is 19.9 Å². The van der Waals surface area contributed by atoms with Crippen molar-refractivity contribution >= 4 is 34.3 Å². The van der Waals surface area contributed by atoms with Crippen LogP contribution in [0.4, 0.5) is 0 Å². The summed E-state index contributed by atoms with van der Waals surface area (Å²) in [5.74, 6) is 0.426. The van der Waals surface area contributed by atoms with E-state index in [2.05, 4.69) is 14.8 Å². The molecule has 23 heavy (non-hydrogen) atoms. The molecule has 0 bridgehead atoms. The summed E-state index contributed by atoms with van der Waals surface area (Å²) in [7, 11) is 0. The number of halogens is 1. The van der Waals surface area contributed by atoms with Crippen LogP contribution < -0.4 is 5.63 Å². The van der Waals surface area contributed by atoms with E-state index in [1.165, 1.54) is 23.9 Å². The number of rotatable bonds is 4. The normalized spacial score (nSPS) is 14.5. The van der Waals surface area contributed by atoms with Gasteiger partial charge in [0.05, 0.1) is 5.02 Å². The first kappa shape index (κ1) is 14.6. The van der Waals surface area contributed by atoms with Gasteiger partial charge in [0.1, 0.15) is 17.7 Å². The molecule has 1 aromatic carbocycles. The molecule has 0 saturated heterocycles. The summed E-state index contributed by atoms with van der Waals surface area (Å²) in [6, 6.07) is 4.91. The van der Waals surface area contributed by atoms with Gasteiger partial charge in [0.2, 0.25) is 0 Å². The zero-order valence-corrected chi connectivity index (χ0v) is 13.5. The molecule has 0 radical (unpaired) electrons. The number of nitrogens with zero attached hydrogens (tertiary/aromatic N) is 3. The van der Waals surface area contributed by atoms with Crippen LogP contribution in [0, 0.1) is 0 Å². The number of thioether (sulfide) groups is 1. The fourth-order valence-electron chi connectivity index (χ4n) is 2.44. The number of benzene rings is 1. The van der Waals surface area contributed by atoms with Crippen LogP contribution >= 0.6 is 23.4 Å². The Bertz CT molecular complexity index is 949. The van der Waals surface area contributed by atoms with Gasteiger partial charge in [-0.15, -0.1) is 10.2 Å². The van der Waals surface area contributed by atoms with Crippen molar-refractivity contribution in [3.63, 3.8) is 0 Å². The molecule has 2 heterocycles.